The number of esters is 1. The monoisotopic (exact) mass is 262 g/mol. The molecule has 2 aliphatic carbocycles. The van der Waals surface area contributed by atoms with Gasteiger partial charge in [0.25, 0.3) is 0 Å². The van der Waals surface area contributed by atoms with Crippen LogP contribution in [0.15, 0.2) is 23.8 Å². The van der Waals surface area contributed by atoms with Crippen LogP contribution in [0.25, 0.3) is 0 Å². The molecule has 0 spiro atoms. The minimum Gasteiger partial charge on any atom is -0.458 e. The van der Waals surface area contributed by atoms with Gasteiger partial charge in [0.2, 0.25) is 0 Å². The van der Waals surface area contributed by atoms with Crippen molar-refractivity contribution in [3.05, 3.63) is 23.8 Å². The van der Waals surface area contributed by atoms with Crippen LogP contribution < -0.4 is 0 Å². The smallest absolute Gasteiger partial charge is 0.303 e. The molecule has 2 rings (SSSR count). The van der Waals surface area contributed by atoms with Gasteiger partial charge in [-0.05, 0) is 49.0 Å². The number of hydrogen-bond acceptors (Lipinski definition) is 2. The van der Waals surface area contributed by atoms with E-state index in [1.165, 1.54) is 25.3 Å². The lowest BCUT2D eigenvalue weighted by Gasteiger charge is -2.52. The fourth-order valence-corrected chi connectivity index (χ4v) is 3.76. The lowest BCUT2D eigenvalue weighted by molar-refractivity contribution is -0.144. The van der Waals surface area contributed by atoms with E-state index in [-0.39, 0.29) is 12.1 Å². The first-order chi connectivity index (χ1) is 8.81. The second kappa shape index (κ2) is 5.15. The normalized spacial score (nSPS) is 36.7. The van der Waals surface area contributed by atoms with Crippen molar-refractivity contribution in [2.45, 2.75) is 59.5 Å². The van der Waals surface area contributed by atoms with Gasteiger partial charge in [-0.2, -0.15) is 0 Å². The number of carbonyl (C=O) groups excluding carboxylic acids is 1. The SMILES string of the molecule is C=C1CC[C@@H]2[C@H](CC2(C)C)/C(C)=C\C[C@@H]1OC(C)=O. The van der Waals surface area contributed by atoms with Crippen molar-refractivity contribution >= 4 is 5.97 Å². The average Bonchev–Trinajstić information content (AvgIpc) is 2.33. The van der Waals surface area contributed by atoms with Crippen LogP contribution in [0.2, 0.25) is 0 Å². The van der Waals surface area contributed by atoms with E-state index in [9.17, 15) is 4.79 Å². The van der Waals surface area contributed by atoms with Gasteiger partial charge in [-0.1, -0.05) is 32.1 Å². The fourth-order valence-electron chi connectivity index (χ4n) is 3.76. The van der Waals surface area contributed by atoms with Crippen molar-refractivity contribution in [2.75, 3.05) is 0 Å². The van der Waals surface area contributed by atoms with Gasteiger partial charge in [-0.15, -0.1) is 0 Å². The Morgan fingerprint density at radius 2 is 2.16 bits per heavy atom. The molecule has 2 aliphatic rings. The van der Waals surface area contributed by atoms with Gasteiger partial charge in [0.1, 0.15) is 6.10 Å². The molecule has 0 amide bonds. The van der Waals surface area contributed by atoms with Crippen LogP contribution in [-0.2, 0) is 9.53 Å². The predicted octanol–water partition coefficient (Wildman–Crippen LogP) is 4.27. The molecular weight excluding hydrogens is 236 g/mol. The molecule has 0 aromatic rings. The summed E-state index contributed by atoms with van der Waals surface area (Å²) in [7, 11) is 0. The summed E-state index contributed by atoms with van der Waals surface area (Å²) < 4.78 is 5.40. The third kappa shape index (κ3) is 2.93. The molecule has 0 radical (unpaired) electrons. The van der Waals surface area contributed by atoms with E-state index < -0.39 is 0 Å². The lowest BCUT2D eigenvalue weighted by Crippen LogP contribution is -2.44. The van der Waals surface area contributed by atoms with Crippen molar-refractivity contribution < 1.29 is 9.53 Å². The second-order valence-electron chi connectivity index (χ2n) is 6.88. The average molecular weight is 262 g/mol. The summed E-state index contributed by atoms with van der Waals surface area (Å²) in [6, 6.07) is 0. The predicted molar refractivity (Wildman–Crippen MR) is 77.7 cm³/mol. The molecule has 0 aliphatic heterocycles. The molecule has 1 fully saturated rings. The van der Waals surface area contributed by atoms with Crippen molar-refractivity contribution in [3.63, 3.8) is 0 Å². The van der Waals surface area contributed by atoms with Crippen LogP contribution in [0.4, 0.5) is 0 Å². The molecule has 3 atom stereocenters. The summed E-state index contributed by atoms with van der Waals surface area (Å²) >= 11 is 0. The zero-order valence-corrected chi connectivity index (χ0v) is 12.7. The Morgan fingerprint density at radius 1 is 1.47 bits per heavy atom. The molecule has 0 unspecified atom stereocenters. The van der Waals surface area contributed by atoms with Gasteiger partial charge < -0.3 is 4.74 Å². The quantitative estimate of drug-likeness (QED) is 0.521. The van der Waals surface area contributed by atoms with E-state index in [2.05, 4.69) is 33.4 Å². The summed E-state index contributed by atoms with van der Waals surface area (Å²) in [5.74, 6) is 1.26. The van der Waals surface area contributed by atoms with Gasteiger partial charge in [0, 0.05) is 13.3 Å². The third-order valence-electron chi connectivity index (χ3n) is 5.01. The van der Waals surface area contributed by atoms with Crippen LogP contribution in [0.5, 0.6) is 0 Å². The second-order valence-corrected chi connectivity index (χ2v) is 6.88. The first-order valence-electron chi connectivity index (χ1n) is 7.33. The van der Waals surface area contributed by atoms with E-state index in [0.717, 1.165) is 30.3 Å². The van der Waals surface area contributed by atoms with E-state index in [4.69, 9.17) is 4.74 Å². The molecule has 0 saturated heterocycles. The largest absolute Gasteiger partial charge is 0.458 e. The van der Waals surface area contributed by atoms with Crippen molar-refractivity contribution in [1.29, 1.82) is 0 Å². The van der Waals surface area contributed by atoms with Gasteiger partial charge in [-0.25, -0.2) is 0 Å². The molecular formula is C17H26O2. The zero-order valence-electron chi connectivity index (χ0n) is 12.7. The van der Waals surface area contributed by atoms with Gasteiger partial charge >= 0.3 is 5.97 Å². The van der Waals surface area contributed by atoms with Crippen molar-refractivity contribution in [3.8, 4) is 0 Å². The highest BCUT2D eigenvalue weighted by molar-refractivity contribution is 5.66. The Kier molecular flexibility index (Phi) is 3.89. The standard InChI is InChI=1S/C17H26O2/c1-11-7-9-16(19-13(3)18)12(2)6-8-15-14(11)10-17(15,4)5/h7,14-16H,2,6,8-10H2,1,3-5H3/b11-7-/t14-,15-,16+/m1/s1. The number of carbonyl (C=O) groups is 1. The first-order valence-corrected chi connectivity index (χ1v) is 7.33. The third-order valence-corrected chi connectivity index (χ3v) is 5.01. The Morgan fingerprint density at radius 3 is 2.74 bits per heavy atom. The van der Waals surface area contributed by atoms with E-state index in [0.29, 0.717) is 5.41 Å². The van der Waals surface area contributed by atoms with Crippen LogP contribution in [0.1, 0.15) is 53.4 Å². The molecule has 2 heteroatoms. The van der Waals surface area contributed by atoms with Crippen molar-refractivity contribution in [1.82, 2.24) is 0 Å². The van der Waals surface area contributed by atoms with Gasteiger partial charge in [0.15, 0.2) is 0 Å². The molecule has 19 heavy (non-hydrogen) atoms. The highest BCUT2D eigenvalue weighted by atomic mass is 16.5. The molecule has 0 aromatic heterocycles. The number of ether oxygens (including phenoxy) is 1. The summed E-state index contributed by atoms with van der Waals surface area (Å²) in [6.07, 6.45) is 6.34. The van der Waals surface area contributed by atoms with Gasteiger partial charge in [0.05, 0.1) is 0 Å². The maximum Gasteiger partial charge on any atom is 0.303 e. The summed E-state index contributed by atoms with van der Waals surface area (Å²) in [6.45, 7) is 12.6. The Bertz CT molecular complexity index is 417. The maximum atomic E-state index is 11.2. The first kappa shape index (κ1) is 14.4. The highest BCUT2D eigenvalue weighted by Gasteiger charge is 2.47. The fraction of sp³-hybridized carbons (Fsp3) is 0.706. The Labute approximate surface area is 116 Å². The molecule has 106 valence electrons. The number of rotatable bonds is 1. The van der Waals surface area contributed by atoms with E-state index >= 15 is 0 Å². The highest BCUT2D eigenvalue weighted by Crippen LogP contribution is 2.56. The molecule has 0 heterocycles. The molecule has 1 saturated carbocycles. The Hall–Kier alpha value is -1.05. The number of allylic oxidation sites excluding steroid dienone is 1. The topological polar surface area (TPSA) is 26.3 Å². The molecule has 0 N–H and O–H groups in total. The minimum atomic E-state index is -0.209. The number of fused-ring (bicyclic) bond motifs is 1. The number of hydrogen-bond donors (Lipinski definition) is 0. The summed E-state index contributed by atoms with van der Waals surface area (Å²) in [5, 5.41) is 0. The van der Waals surface area contributed by atoms with Crippen molar-refractivity contribution in [2.24, 2.45) is 17.3 Å². The maximum absolute atomic E-state index is 11.2. The summed E-state index contributed by atoms with van der Waals surface area (Å²) in [5.41, 5.74) is 2.99. The Balaban J connectivity index is 2.15. The summed E-state index contributed by atoms with van der Waals surface area (Å²) in [4.78, 5) is 11.2. The van der Waals surface area contributed by atoms with E-state index in [1.807, 2.05) is 0 Å². The van der Waals surface area contributed by atoms with Crippen LogP contribution in [0.3, 0.4) is 0 Å². The van der Waals surface area contributed by atoms with Crippen LogP contribution >= 0.6 is 0 Å². The van der Waals surface area contributed by atoms with Crippen LogP contribution in [-0.4, -0.2) is 12.1 Å². The minimum absolute atomic E-state index is 0.131. The lowest BCUT2D eigenvalue weighted by atomic mass is 9.52. The van der Waals surface area contributed by atoms with E-state index in [1.54, 1.807) is 0 Å². The van der Waals surface area contributed by atoms with Gasteiger partial charge in [-0.3, -0.25) is 4.79 Å². The molecule has 0 aromatic carbocycles. The molecule has 0 bridgehead atoms. The van der Waals surface area contributed by atoms with Crippen LogP contribution in [0, 0.1) is 17.3 Å². The molecule has 2 nitrogen and oxygen atoms in total. The zero-order chi connectivity index (χ0) is 14.2.